The smallest absolute Gasteiger partial charge is 0.251 e. The molecule has 1 heterocycles. The van der Waals surface area contributed by atoms with Crippen LogP contribution in [0.25, 0.3) is 0 Å². The van der Waals surface area contributed by atoms with Crippen LogP contribution in [-0.2, 0) is 13.1 Å². The zero-order chi connectivity index (χ0) is 21.9. The number of likely N-dealkylation sites (tertiary alicyclic amines) is 1. The number of rotatable bonds is 9. The molecule has 0 saturated carbocycles. The van der Waals surface area contributed by atoms with Crippen molar-refractivity contribution in [2.75, 3.05) is 40.3 Å². The number of aliphatic imine (C=N–C) groups is 1. The summed E-state index contributed by atoms with van der Waals surface area (Å²) < 4.78 is 5.16. The van der Waals surface area contributed by atoms with E-state index >= 15 is 0 Å². The van der Waals surface area contributed by atoms with E-state index in [2.05, 4.69) is 50.1 Å². The number of benzene rings is 2. The standard InChI is InChI=1S/C24H33N5O2.HI/c1-25-24(27-13-12-26-23(30)21-6-5-7-22(16-21)31-2)28-17-19-8-10-20(11-9-19)18-29-14-3-4-15-29;/h5-11,16H,3-4,12-15,17-18H2,1-2H3,(H,26,30)(H2,25,27,28);1H. The second kappa shape index (κ2) is 13.9. The van der Waals surface area contributed by atoms with Gasteiger partial charge in [-0.05, 0) is 55.3 Å². The average Bonchev–Trinajstić information content (AvgIpc) is 3.32. The number of nitrogens with one attached hydrogen (secondary N) is 3. The molecule has 2 aromatic carbocycles. The molecule has 0 atom stereocenters. The summed E-state index contributed by atoms with van der Waals surface area (Å²) in [6.07, 6.45) is 2.64. The molecule has 0 radical (unpaired) electrons. The van der Waals surface area contributed by atoms with Gasteiger partial charge in [0.25, 0.3) is 5.91 Å². The Bertz CT molecular complexity index is 867. The van der Waals surface area contributed by atoms with Crippen molar-refractivity contribution in [3.63, 3.8) is 0 Å². The fourth-order valence-corrected chi connectivity index (χ4v) is 3.59. The van der Waals surface area contributed by atoms with E-state index in [0.717, 1.165) is 6.54 Å². The average molecular weight is 551 g/mol. The maximum absolute atomic E-state index is 12.2. The van der Waals surface area contributed by atoms with Crippen molar-refractivity contribution >= 4 is 35.8 Å². The summed E-state index contributed by atoms with van der Waals surface area (Å²) >= 11 is 0. The third-order valence-corrected chi connectivity index (χ3v) is 5.35. The molecule has 1 saturated heterocycles. The van der Waals surface area contributed by atoms with Gasteiger partial charge in [-0.15, -0.1) is 24.0 Å². The Morgan fingerprint density at radius 2 is 1.69 bits per heavy atom. The van der Waals surface area contributed by atoms with Crippen molar-refractivity contribution in [3.05, 3.63) is 65.2 Å². The first-order valence-corrected chi connectivity index (χ1v) is 10.8. The molecule has 0 aliphatic carbocycles. The van der Waals surface area contributed by atoms with E-state index < -0.39 is 0 Å². The highest BCUT2D eigenvalue weighted by molar-refractivity contribution is 14.0. The third-order valence-electron chi connectivity index (χ3n) is 5.35. The monoisotopic (exact) mass is 551 g/mol. The Labute approximate surface area is 208 Å². The third kappa shape index (κ3) is 8.31. The van der Waals surface area contributed by atoms with E-state index in [1.165, 1.54) is 37.1 Å². The van der Waals surface area contributed by atoms with Crippen molar-refractivity contribution in [3.8, 4) is 5.75 Å². The molecule has 1 aliphatic heterocycles. The fraction of sp³-hybridized carbons (Fsp3) is 0.417. The Morgan fingerprint density at radius 3 is 2.38 bits per heavy atom. The topological polar surface area (TPSA) is 78.0 Å². The highest BCUT2D eigenvalue weighted by Crippen LogP contribution is 2.13. The molecule has 8 heteroatoms. The molecular weight excluding hydrogens is 517 g/mol. The van der Waals surface area contributed by atoms with E-state index in [9.17, 15) is 4.79 Å². The Kier molecular flexibility index (Phi) is 11.3. The van der Waals surface area contributed by atoms with Gasteiger partial charge in [-0.25, -0.2) is 0 Å². The van der Waals surface area contributed by atoms with Crippen molar-refractivity contribution < 1.29 is 9.53 Å². The summed E-state index contributed by atoms with van der Waals surface area (Å²) in [7, 11) is 3.33. The lowest BCUT2D eigenvalue weighted by Gasteiger charge is -2.15. The molecular formula is C24H34IN5O2. The molecule has 32 heavy (non-hydrogen) atoms. The normalized spacial score (nSPS) is 13.9. The Hall–Kier alpha value is -2.33. The van der Waals surface area contributed by atoms with Gasteiger partial charge in [-0.3, -0.25) is 14.7 Å². The van der Waals surface area contributed by atoms with E-state index in [-0.39, 0.29) is 29.9 Å². The highest BCUT2D eigenvalue weighted by atomic mass is 127. The number of ether oxygens (including phenoxy) is 1. The van der Waals surface area contributed by atoms with E-state index in [4.69, 9.17) is 4.74 Å². The van der Waals surface area contributed by atoms with Crippen LogP contribution in [0.5, 0.6) is 5.75 Å². The van der Waals surface area contributed by atoms with E-state index in [1.54, 1.807) is 32.4 Å². The summed E-state index contributed by atoms with van der Waals surface area (Å²) in [6, 6.07) is 15.9. The molecule has 1 fully saturated rings. The molecule has 2 aromatic rings. The van der Waals surface area contributed by atoms with Gasteiger partial charge in [0, 0.05) is 38.8 Å². The number of hydrogen-bond donors (Lipinski definition) is 3. The summed E-state index contributed by atoms with van der Waals surface area (Å²) in [5.74, 6) is 1.24. The van der Waals surface area contributed by atoms with Crippen LogP contribution in [-0.4, -0.2) is 57.1 Å². The predicted octanol–water partition coefficient (Wildman–Crippen LogP) is 3.00. The zero-order valence-corrected chi connectivity index (χ0v) is 21.2. The fourth-order valence-electron chi connectivity index (χ4n) is 3.59. The van der Waals surface area contributed by atoms with Gasteiger partial charge in [0.05, 0.1) is 7.11 Å². The first-order chi connectivity index (χ1) is 15.2. The highest BCUT2D eigenvalue weighted by Gasteiger charge is 2.11. The number of amides is 1. The van der Waals surface area contributed by atoms with Gasteiger partial charge in [-0.1, -0.05) is 30.3 Å². The van der Waals surface area contributed by atoms with Crippen LogP contribution in [0.4, 0.5) is 0 Å². The lowest BCUT2D eigenvalue weighted by molar-refractivity contribution is 0.0954. The minimum Gasteiger partial charge on any atom is -0.497 e. The van der Waals surface area contributed by atoms with Crippen molar-refractivity contribution in [1.82, 2.24) is 20.9 Å². The molecule has 174 valence electrons. The first kappa shape index (κ1) is 25.9. The number of hydrogen-bond acceptors (Lipinski definition) is 4. The summed E-state index contributed by atoms with van der Waals surface area (Å²) in [5, 5.41) is 9.43. The molecule has 0 unspecified atom stereocenters. The quantitative estimate of drug-likeness (QED) is 0.193. The number of carbonyl (C=O) groups is 1. The first-order valence-electron chi connectivity index (χ1n) is 10.8. The maximum Gasteiger partial charge on any atom is 0.251 e. The molecule has 0 spiro atoms. The van der Waals surface area contributed by atoms with E-state index in [1.807, 2.05) is 6.07 Å². The van der Waals surface area contributed by atoms with Crippen LogP contribution < -0.4 is 20.7 Å². The number of halogens is 1. The van der Waals surface area contributed by atoms with Gasteiger partial charge in [-0.2, -0.15) is 0 Å². The van der Waals surface area contributed by atoms with Crippen LogP contribution in [0.1, 0.15) is 34.3 Å². The largest absolute Gasteiger partial charge is 0.497 e. The van der Waals surface area contributed by atoms with Gasteiger partial charge in [0.15, 0.2) is 5.96 Å². The molecule has 3 N–H and O–H groups in total. The second-order valence-electron chi connectivity index (χ2n) is 7.64. The minimum atomic E-state index is -0.127. The molecule has 1 aliphatic rings. The van der Waals surface area contributed by atoms with E-state index in [0.29, 0.717) is 36.9 Å². The van der Waals surface area contributed by atoms with Crippen LogP contribution in [0.15, 0.2) is 53.5 Å². The SMILES string of the molecule is CN=C(NCCNC(=O)c1cccc(OC)c1)NCc1ccc(CN2CCCC2)cc1.I. The number of methoxy groups -OCH3 is 1. The van der Waals surface area contributed by atoms with Crippen molar-refractivity contribution in [2.24, 2.45) is 4.99 Å². The van der Waals surface area contributed by atoms with Crippen LogP contribution >= 0.6 is 24.0 Å². The molecule has 0 bridgehead atoms. The molecule has 1 amide bonds. The number of guanidine groups is 1. The molecule has 0 aromatic heterocycles. The maximum atomic E-state index is 12.2. The summed E-state index contributed by atoms with van der Waals surface area (Å²) in [5.41, 5.74) is 3.15. The predicted molar refractivity (Wildman–Crippen MR) is 140 cm³/mol. The summed E-state index contributed by atoms with van der Waals surface area (Å²) in [4.78, 5) is 19.0. The summed E-state index contributed by atoms with van der Waals surface area (Å²) in [6.45, 7) is 5.22. The Morgan fingerprint density at radius 1 is 1.00 bits per heavy atom. The van der Waals surface area contributed by atoms with Crippen molar-refractivity contribution in [2.45, 2.75) is 25.9 Å². The van der Waals surface area contributed by atoms with Gasteiger partial charge in [0.1, 0.15) is 5.75 Å². The van der Waals surface area contributed by atoms with Gasteiger partial charge >= 0.3 is 0 Å². The zero-order valence-electron chi connectivity index (χ0n) is 18.9. The number of carbonyl (C=O) groups excluding carboxylic acids is 1. The van der Waals surface area contributed by atoms with Crippen LogP contribution in [0, 0.1) is 0 Å². The molecule has 7 nitrogen and oxygen atoms in total. The van der Waals surface area contributed by atoms with Gasteiger partial charge < -0.3 is 20.7 Å². The van der Waals surface area contributed by atoms with Crippen LogP contribution in [0.2, 0.25) is 0 Å². The minimum absolute atomic E-state index is 0. The number of nitrogens with zero attached hydrogens (tertiary/aromatic N) is 2. The van der Waals surface area contributed by atoms with Gasteiger partial charge in [0.2, 0.25) is 0 Å². The lowest BCUT2D eigenvalue weighted by atomic mass is 10.1. The molecule has 3 rings (SSSR count). The Balaban J connectivity index is 0.00000363. The second-order valence-corrected chi connectivity index (χ2v) is 7.64. The van der Waals surface area contributed by atoms with Crippen molar-refractivity contribution in [1.29, 1.82) is 0 Å². The van der Waals surface area contributed by atoms with Crippen LogP contribution in [0.3, 0.4) is 0 Å². The lowest BCUT2D eigenvalue weighted by Crippen LogP contribution is -2.41.